The minimum absolute atomic E-state index is 0.211. The topological polar surface area (TPSA) is 55.9 Å². The first-order chi connectivity index (χ1) is 13.9. The van der Waals surface area contributed by atoms with E-state index in [1.807, 2.05) is 0 Å². The van der Waals surface area contributed by atoms with Gasteiger partial charge >= 0.3 is 0 Å². The van der Waals surface area contributed by atoms with Gasteiger partial charge in [0.05, 0.1) is 6.04 Å². The zero-order valence-corrected chi connectivity index (χ0v) is 17.0. The fraction of sp³-hybridized carbons (Fsp3) is 0.565. The molecule has 28 heavy (non-hydrogen) atoms. The summed E-state index contributed by atoms with van der Waals surface area (Å²) >= 11 is 0. The second-order valence-corrected chi connectivity index (χ2v) is 7.97. The molecule has 1 saturated heterocycles. The molecule has 3 aromatic rings. The second-order valence-electron chi connectivity index (χ2n) is 7.97. The van der Waals surface area contributed by atoms with Crippen molar-refractivity contribution in [3.05, 3.63) is 36.4 Å². The molecule has 1 aliphatic heterocycles. The molecule has 5 heteroatoms. The molecule has 0 radical (unpaired) electrons. The Labute approximate surface area is 167 Å². The third-order valence-corrected chi connectivity index (χ3v) is 5.86. The second kappa shape index (κ2) is 9.37. The molecule has 1 unspecified atom stereocenters. The summed E-state index contributed by atoms with van der Waals surface area (Å²) in [4.78, 5) is 4.68. The minimum atomic E-state index is 0.211. The van der Waals surface area contributed by atoms with Crippen LogP contribution in [-0.2, 0) is 6.54 Å². The highest BCUT2D eigenvalue weighted by atomic mass is 16.5. The Morgan fingerprint density at radius 3 is 2.79 bits per heavy atom. The van der Waals surface area contributed by atoms with E-state index in [-0.39, 0.29) is 6.04 Å². The van der Waals surface area contributed by atoms with E-state index >= 15 is 0 Å². The zero-order chi connectivity index (χ0) is 19.2. The van der Waals surface area contributed by atoms with Crippen LogP contribution in [0.4, 0.5) is 0 Å². The number of hydrogen-bond donors (Lipinski definition) is 1. The molecule has 150 valence electrons. The largest absolute Gasteiger partial charge is 0.347 e. The third kappa shape index (κ3) is 4.30. The summed E-state index contributed by atoms with van der Waals surface area (Å²) in [5.41, 5.74) is 2.32. The van der Waals surface area contributed by atoms with Crippen LogP contribution in [0.2, 0.25) is 0 Å². The maximum Gasteiger partial charge on any atom is 0.244 e. The van der Waals surface area contributed by atoms with Crippen molar-refractivity contribution in [3.63, 3.8) is 0 Å². The third-order valence-electron chi connectivity index (χ3n) is 5.86. The first-order valence-electron chi connectivity index (χ1n) is 11.0. The molecule has 0 aliphatic carbocycles. The van der Waals surface area contributed by atoms with Gasteiger partial charge in [0, 0.05) is 29.2 Å². The number of fused-ring (bicyclic) bond motifs is 1. The van der Waals surface area contributed by atoms with Gasteiger partial charge in [-0.3, -0.25) is 0 Å². The molecule has 1 aliphatic rings. The summed E-state index contributed by atoms with van der Waals surface area (Å²) in [5.74, 6) is 1.41. The summed E-state index contributed by atoms with van der Waals surface area (Å²) in [6.45, 7) is 4.37. The number of aromatic nitrogens is 3. The number of nitrogens with one attached hydrogen (secondary N) is 1. The van der Waals surface area contributed by atoms with Gasteiger partial charge in [0.15, 0.2) is 0 Å². The highest BCUT2D eigenvalue weighted by molar-refractivity contribution is 5.93. The molecular formula is C23H32N4O. The summed E-state index contributed by atoms with van der Waals surface area (Å²) in [6.07, 6.45) is 13.8. The Balaban J connectivity index is 1.42. The predicted octanol–water partition coefficient (Wildman–Crippen LogP) is 5.87. The van der Waals surface area contributed by atoms with Crippen molar-refractivity contribution in [1.29, 1.82) is 0 Å². The number of nitrogens with zero attached hydrogens (tertiary/aromatic N) is 3. The quantitative estimate of drug-likeness (QED) is 0.447. The first kappa shape index (κ1) is 19.2. The number of hydrogen-bond acceptors (Lipinski definition) is 4. The van der Waals surface area contributed by atoms with E-state index in [2.05, 4.69) is 57.4 Å². The van der Waals surface area contributed by atoms with Gasteiger partial charge in [-0.25, -0.2) is 0 Å². The number of benzene rings is 1. The van der Waals surface area contributed by atoms with Crippen molar-refractivity contribution in [2.24, 2.45) is 0 Å². The van der Waals surface area contributed by atoms with Crippen LogP contribution in [0.25, 0.3) is 22.3 Å². The normalized spacial score (nSPS) is 17.0. The van der Waals surface area contributed by atoms with Crippen molar-refractivity contribution < 1.29 is 4.52 Å². The standard InChI is InChI=1S/C23H32N4O/c1-2-3-4-5-6-7-8-16-27-17-14-18-19(11-9-13-21(18)27)22-25-23(28-26-22)20-12-10-15-24-20/h9,11,13-14,17,20,24H,2-8,10,12,15-16H2,1H3. The minimum Gasteiger partial charge on any atom is -0.347 e. The smallest absolute Gasteiger partial charge is 0.244 e. The van der Waals surface area contributed by atoms with Crippen molar-refractivity contribution >= 4 is 10.9 Å². The van der Waals surface area contributed by atoms with Gasteiger partial charge in [0.2, 0.25) is 11.7 Å². The Morgan fingerprint density at radius 2 is 1.96 bits per heavy atom. The van der Waals surface area contributed by atoms with Crippen LogP contribution in [0.1, 0.15) is 76.6 Å². The molecule has 0 spiro atoms. The van der Waals surface area contributed by atoms with Crippen molar-refractivity contribution in [2.75, 3.05) is 6.54 Å². The SMILES string of the molecule is CCCCCCCCCn1ccc2c(-c3noc(C4CCCN4)n3)cccc21. The molecule has 1 fully saturated rings. The summed E-state index contributed by atoms with van der Waals surface area (Å²) in [5, 5.41) is 8.89. The van der Waals surface area contributed by atoms with Crippen LogP contribution >= 0.6 is 0 Å². The Bertz CT molecular complexity index is 876. The van der Waals surface area contributed by atoms with E-state index < -0.39 is 0 Å². The molecular weight excluding hydrogens is 348 g/mol. The highest BCUT2D eigenvalue weighted by Crippen LogP contribution is 2.30. The van der Waals surface area contributed by atoms with Gasteiger partial charge in [0.25, 0.3) is 0 Å². The molecule has 5 nitrogen and oxygen atoms in total. The van der Waals surface area contributed by atoms with Crippen LogP contribution in [0, 0.1) is 0 Å². The molecule has 2 aromatic heterocycles. The molecule has 1 N–H and O–H groups in total. The van der Waals surface area contributed by atoms with E-state index in [9.17, 15) is 0 Å². The average Bonchev–Trinajstić information content (AvgIpc) is 3.47. The summed E-state index contributed by atoms with van der Waals surface area (Å²) in [6, 6.07) is 8.79. The van der Waals surface area contributed by atoms with Crippen LogP contribution < -0.4 is 5.32 Å². The van der Waals surface area contributed by atoms with Crippen LogP contribution in [0.3, 0.4) is 0 Å². The Kier molecular flexibility index (Phi) is 6.42. The van der Waals surface area contributed by atoms with Crippen LogP contribution in [-0.4, -0.2) is 21.3 Å². The molecule has 3 heterocycles. The molecule has 0 amide bonds. The summed E-state index contributed by atoms with van der Waals surface area (Å²) in [7, 11) is 0. The predicted molar refractivity (Wildman–Crippen MR) is 113 cm³/mol. The molecule has 4 rings (SSSR count). The van der Waals surface area contributed by atoms with E-state index in [0.29, 0.717) is 11.7 Å². The first-order valence-corrected chi connectivity index (χ1v) is 11.0. The summed E-state index contributed by atoms with van der Waals surface area (Å²) < 4.78 is 7.91. The van der Waals surface area contributed by atoms with E-state index in [1.54, 1.807) is 0 Å². The Hall–Kier alpha value is -2.14. The van der Waals surface area contributed by atoms with Gasteiger partial charge in [-0.05, 0) is 37.9 Å². The van der Waals surface area contributed by atoms with Crippen molar-refractivity contribution in [2.45, 2.75) is 77.3 Å². The van der Waals surface area contributed by atoms with Gasteiger partial charge in [-0.1, -0.05) is 62.7 Å². The lowest BCUT2D eigenvalue weighted by Gasteiger charge is -2.06. The van der Waals surface area contributed by atoms with E-state index in [1.165, 1.54) is 62.3 Å². The monoisotopic (exact) mass is 380 g/mol. The van der Waals surface area contributed by atoms with Crippen LogP contribution in [0.5, 0.6) is 0 Å². The lowest BCUT2D eigenvalue weighted by molar-refractivity contribution is 0.345. The van der Waals surface area contributed by atoms with Gasteiger partial charge in [-0.2, -0.15) is 4.98 Å². The van der Waals surface area contributed by atoms with Crippen molar-refractivity contribution in [1.82, 2.24) is 20.0 Å². The van der Waals surface area contributed by atoms with Gasteiger partial charge in [0.1, 0.15) is 0 Å². The fourth-order valence-electron chi connectivity index (χ4n) is 4.23. The van der Waals surface area contributed by atoms with Gasteiger partial charge in [-0.15, -0.1) is 0 Å². The molecule has 1 aromatic carbocycles. The highest BCUT2D eigenvalue weighted by Gasteiger charge is 2.23. The van der Waals surface area contributed by atoms with E-state index in [4.69, 9.17) is 4.52 Å². The lowest BCUT2D eigenvalue weighted by atomic mass is 10.1. The number of unbranched alkanes of at least 4 members (excludes halogenated alkanes) is 6. The average molecular weight is 381 g/mol. The zero-order valence-electron chi connectivity index (χ0n) is 17.0. The lowest BCUT2D eigenvalue weighted by Crippen LogP contribution is -2.12. The van der Waals surface area contributed by atoms with Gasteiger partial charge < -0.3 is 14.4 Å². The molecule has 0 saturated carbocycles. The molecule has 1 atom stereocenters. The number of rotatable bonds is 10. The van der Waals surface area contributed by atoms with Crippen LogP contribution in [0.15, 0.2) is 35.0 Å². The maximum atomic E-state index is 5.55. The maximum absolute atomic E-state index is 5.55. The fourth-order valence-corrected chi connectivity index (χ4v) is 4.23. The Morgan fingerprint density at radius 1 is 1.11 bits per heavy atom. The number of aryl methyl sites for hydroxylation is 1. The van der Waals surface area contributed by atoms with Crippen molar-refractivity contribution in [3.8, 4) is 11.4 Å². The van der Waals surface area contributed by atoms with E-state index in [0.717, 1.165) is 25.1 Å². The molecule has 0 bridgehead atoms.